The standard InChI is InChI=1S/C19H17N5OS/c20-18-17-13-6-7-24(9-15(13)26-19(17)23-11-22-18)10-16-21-8-14(25-16)12-4-2-1-3-5-12/h1-5,8,11H,6-7,9-10H2,(H2,20,22,23). The van der Waals surface area contributed by atoms with Gasteiger partial charge in [-0.05, 0) is 12.0 Å². The molecule has 0 aliphatic carbocycles. The molecule has 3 aromatic heterocycles. The van der Waals surface area contributed by atoms with Crippen LogP contribution in [-0.2, 0) is 19.5 Å². The van der Waals surface area contributed by atoms with Crippen molar-refractivity contribution in [2.45, 2.75) is 19.5 Å². The molecular formula is C19H17N5OS. The number of oxazole rings is 1. The maximum Gasteiger partial charge on any atom is 0.209 e. The predicted molar refractivity (Wildman–Crippen MR) is 102 cm³/mol. The number of benzene rings is 1. The molecule has 0 atom stereocenters. The number of fused-ring (bicyclic) bond motifs is 3. The highest BCUT2D eigenvalue weighted by Gasteiger charge is 2.24. The van der Waals surface area contributed by atoms with Crippen LogP contribution in [-0.4, -0.2) is 26.4 Å². The average Bonchev–Trinajstić information content (AvgIpc) is 3.27. The van der Waals surface area contributed by atoms with Crippen molar-refractivity contribution in [1.29, 1.82) is 0 Å². The van der Waals surface area contributed by atoms with E-state index in [2.05, 4.69) is 19.9 Å². The molecule has 1 aromatic carbocycles. The molecular weight excluding hydrogens is 346 g/mol. The molecule has 0 saturated heterocycles. The first-order valence-corrected chi connectivity index (χ1v) is 9.33. The van der Waals surface area contributed by atoms with Crippen molar-refractivity contribution in [3.05, 3.63) is 59.2 Å². The predicted octanol–water partition coefficient (Wildman–Crippen LogP) is 3.49. The quantitative estimate of drug-likeness (QED) is 0.600. The molecule has 4 heterocycles. The highest BCUT2D eigenvalue weighted by atomic mass is 32.1. The van der Waals surface area contributed by atoms with Crippen LogP contribution in [0.1, 0.15) is 16.3 Å². The molecule has 0 bridgehead atoms. The number of hydrogen-bond donors (Lipinski definition) is 1. The fraction of sp³-hybridized carbons (Fsp3) is 0.211. The fourth-order valence-electron chi connectivity index (χ4n) is 3.45. The lowest BCUT2D eigenvalue weighted by atomic mass is 10.1. The number of aromatic nitrogens is 3. The molecule has 0 radical (unpaired) electrons. The van der Waals surface area contributed by atoms with E-state index in [-0.39, 0.29) is 0 Å². The van der Waals surface area contributed by atoms with Gasteiger partial charge in [0.15, 0.2) is 5.76 Å². The molecule has 26 heavy (non-hydrogen) atoms. The lowest BCUT2D eigenvalue weighted by molar-refractivity contribution is 0.225. The summed E-state index contributed by atoms with van der Waals surface area (Å²) >= 11 is 1.71. The van der Waals surface area contributed by atoms with E-state index in [1.807, 2.05) is 30.3 Å². The third kappa shape index (κ3) is 2.65. The summed E-state index contributed by atoms with van der Waals surface area (Å²) in [6, 6.07) is 10.0. The highest BCUT2D eigenvalue weighted by Crippen LogP contribution is 2.36. The first-order valence-electron chi connectivity index (χ1n) is 8.51. The van der Waals surface area contributed by atoms with Crippen LogP contribution in [0.4, 0.5) is 5.82 Å². The Hall–Kier alpha value is -2.77. The molecule has 0 fully saturated rings. The number of rotatable bonds is 3. The summed E-state index contributed by atoms with van der Waals surface area (Å²) in [4.78, 5) is 17.6. The van der Waals surface area contributed by atoms with Gasteiger partial charge in [-0.3, -0.25) is 4.90 Å². The van der Waals surface area contributed by atoms with Crippen LogP contribution in [0.3, 0.4) is 0 Å². The van der Waals surface area contributed by atoms with Crippen LogP contribution < -0.4 is 5.73 Å². The van der Waals surface area contributed by atoms with Gasteiger partial charge in [0.1, 0.15) is 17.0 Å². The summed E-state index contributed by atoms with van der Waals surface area (Å²) in [7, 11) is 0. The van der Waals surface area contributed by atoms with Crippen LogP contribution >= 0.6 is 11.3 Å². The van der Waals surface area contributed by atoms with Gasteiger partial charge in [-0.15, -0.1) is 11.3 Å². The van der Waals surface area contributed by atoms with E-state index in [4.69, 9.17) is 10.2 Å². The van der Waals surface area contributed by atoms with E-state index in [1.165, 1.54) is 16.8 Å². The van der Waals surface area contributed by atoms with Gasteiger partial charge >= 0.3 is 0 Å². The second kappa shape index (κ2) is 6.19. The zero-order valence-corrected chi connectivity index (χ0v) is 14.9. The Morgan fingerprint density at radius 1 is 1.15 bits per heavy atom. The van der Waals surface area contributed by atoms with Gasteiger partial charge in [-0.2, -0.15) is 0 Å². The molecule has 1 aliphatic heterocycles. The molecule has 0 unspecified atom stereocenters. The van der Waals surface area contributed by atoms with Crippen molar-refractivity contribution in [3.63, 3.8) is 0 Å². The lowest BCUT2D eigenvalue weighted by Gasteiger charge is -2.25. The van der Waals surface area contributed by atoms with Crippen molar-refractivity contribution < 1.29 is 4.42 Å². The largest absolute Gasteiger partial charge is 0.439 e. The Balaban J connectivity index is 1.36. The van der Waals surface area contributed by atoms with E-state index >= 15 is 0 Å². The minimum absolute atomic E-state index is 0.584. The summed E-state index contributed by atoms with van der Waals surface area (Å²) in [6.07, 6.45) is 4.28. The van der Waals surface area contributed by atoms with Crippen LogP contribution in [0.2, 0.25) is 0 Å². The average molecular weight is 363 g/mol. The maximum absolute atomic E-state index is 6.06. The second-order valence-corrected chi connectivity index (χ2v) is 7.47. The summed E-state index contributed by atoms with van der Waals surface area (Å²) in [5.41, 5.74) is 8.41. The minimum Gasteiger partial charge on any atom is -0.439 e. The number of nitrogens with two attached hydrogens (primary N) is 1. The molecule has 7 heteroatoms. The van der Waals surface area contributed by atoms with E-state index < -0.39 is 0 Å². The van der Waals surface area contributed by atoms with E-state index in [1.54, 1.807) is 17.5 Å². The van der Waals surface area contributed by atoms with Crippen LogP contribution in [0, 0.1) is 0 Å². The Morgan fingerprint density at radius 3 is 2.92 bits per heavy atom. The molecule has 0 saturated carbocycles. The van der Waals surface area contributed by atoms with Crippen LogP contribution in [0.5, 0.6) is 0 Å². The minimum atomic E-state index is 0.584. The molecule has 6 nitrogen and oxygen atoms in total. The van der Waals surface area contributed by atoms with Crippen molar-refractivity contribution in [1.82, 2.24) is 19.9 Å². The van der Waals surface area contributed by atoms with E-state index in [0.29, 0.717) is 12.4 Å². The van der Waals surface area contributed by atoms with Gasteiger partial charge in [0.05, 0.1) is 18.1 Å². The molecule has 2 N–H and O–H groups in total. The number of anilines is 1. The highest BCUT2D eigenvalue weighted by molar-refractivity contribution is 7.18. The first kappa shape index (κ1) is 15.5. The van der Waals surface area contributed by atoms with Gasteiger partial charge < -0.3 is 10.2 Å². The SMILES string of the molecule is Nc1ncnc2sc3c(c12)CCN(Cc1ncc(-c2ccccc2)o1)C3. The summed E-state index contributed by atoms with van der Waals surface area (Å²) < 4.78 is 5.95. The molecule has 4 aromatic rings. The zero-order valence-electron chi connectivity index (χ0n) is 14.1. The number of nitrogen functional groups attached to an aromatic ring is 1. The number of thiophene rings is 1. The molecule has 130 valence electrons. The molecule has 5 rings (SSSR count). The molecule has 0 spiro atoms. The topological polar surface area (TPSA) is 81.1 Å². The van der Waals surface area contributed by atoms with Crippen molar-refractivity contribution in [2.75, 3.05) is 12.3 Å². The third-order valence-corrected chi connectivity index (χ3v) is 5.84. The van der Waals surface area contributed by atoms with Crippen molar-refractivity contribution >= 4 is 27.4 Å². The summed E-state index contributed by atoms with van der Waals surface area (Å²) in [5.74, 6) is 2.14. The monoisotopic (exact) mass is 363 g/mol. The third-order valence-electron chi connectivity index (χ3n) is 4.72. The van der Waals surface area contributed by atoms with Crippen LogP contribution in [0.15, 0.2) is 47.3 Å². The second-order valence-electron chi connectivity index (χ2n) is 6.39. The number of hydrogen-bond acceptors (Lipinski definition) is 7. The van der Waals surface area contributed by atoms with E-state index in [9.17, 15) is 0 Å². The first-order chi connectivity index (χ1) is 12.8. The Kier molecular flexibility index (Phi) is 3.69. The Bertz CT molecular complexity index is 1070. The molecule has 0 amide bonds. The maximum atomic E-state index is 6.06. The Morgan fingerprint density at radius 2 is 2.04 bits per heavy atom. The lowest BCUT2D eigenvalue weighted by Crippen LogP contribution is -2.29. The van der Waals surface area contributed by atoms with Gasteiger partial charge in [0, 0.05) is 23.5 Å². The fourth-order valence-corrected chi connectivity index (χ4v) is 4.69. The number of nitrogens with zero attached hydrogens (tertiary/aromatic N) is 4. The van der Waals surface area contributed by atoms with Crippen LogP contribution in [0.25, 0.3) is 21.5 Å². The van der Waals surface area contributed by atoms with E-state index in [0.717, 1.165) is 46.9 Å². The Labute approximate surface area is 154 Å². The normalized spacial score (nSPS) is 14.6. The molecule has 1 aliphatic rings. The summed E-state index contributed by atoms with van der Waals surface area (Å²) in [5, 5.41) is 1.04. The summed E-state index contributed by atoms with van der Waals surface area (Å²) in [6.45, 7) is 2.50. The van der Waals surface area contributed by atoms with Gasteiger partial charge in [-0.1, -0.05) is 30.3 Å². The van der Waals surface area contributed by atoms with Gasteiger partial charge in [0.25, 0.3) is 0 Å². The van der Waals surface area contributed by atoms with Gasteiger partial charge in [0.2, 0.25) is 5.89 Å². The van der Waals surface area contributed by atoms with Crippen molar-refractivity contribution in [2.24, 2.45) is 0 Å². The zero-order chi connectivity index (χ0) is 17.5. The van der Waals surface area contributed by atoms with Gasteiger partial charge in [-0.25, -0.2) is 15.0 Å². The smallest absolute Gasteiger partial charge is 0.209 e. The van der Waals surface area contributed by atoms with Crippen molar-refractivity contribution in [3.8, 4) is 11.3 Å².